The minimum atomic E-state index is -0.786. The van der Waals surface area contributed by atoms with Gasteiger partial charge in [-0.15, -0.1) is 5.10 Å². The highest BCUT2D eigenvalue weighted by Crippen LogP contribution is 2.05. The number of carbonyl (C=O) groups excluding carboxylic acids is 1. The van der Waals surface area contributed by atoms with Gasteiger partial charge in [0.15, 0.2) is 0 Å². The Bertz CT molecular complexity index is 496. The Hall–Kier alpha value is -2.00. The molecule has 9 nitrogen and oxygen atoms in total. The molecule has 2 rings (SSSR count). The van der Waals surface area contributed by atoms with Gasteiger partial charge in [-0.3, -0.25) is 19.8 Å². The lowest BCUT2D eigenvalue weighted by Crippen LogP contribution is -2.48. The molecular weight excluding hydrogens is 278 g/mol. The normalized spacial score (nSPS) is 16.8. The van der Waals surface area contributed by atoms with Crippen LogP contribution >= 0.6 is 0 Å². The highest BCUT2D eigenvalue weighted by atomic mass is 16.4. The van der Waals surface area contributed by atoms with E-state index in [1.165, 1.54) is 0 Å². The standard InChI is InChI=1S/C12H19N5O4/c1-9-14-15-12(21-9)13-10(18)8-17-6-4-16(5-7-17)3-2-11(19)20/h2-8H2,1H3,(H,19,20)(H,13,15,18). The quantitative estimate of drug-likeness (QED) is 0.716. The SMILES string of the molecule is Cc1nnc(NC(=O)CN2CCN(CCC(=O)O)CC2)o1. The molecule has 116 valence electrons. The van der Waals surface area contributed by atoms with Crippen LogP contribution < -0.4 is 5.32 Å². The van der Waals surface area contributed by atoms with Crippen LogP contribution in [-0.4, -0.2) is 76.2 Å². The number of hydrogen-bond acceptors (Lipinski definition) is 7. The summed E-state index contributed by atoms with van der Waals surface area (Å²) in [5.74, 6) is -0.582. The number of nitrogens with one attached hydrogen (secondary N) is 1. The Morgan fingerprint density at radius 3 is 2.48 bits per heavy atom. The summed E-state index contributed by atoms with van der Waals surface area (Å²) in [6.07, 6.45) is 0.150. The first-order valence-corrected chi connectivity index (χ1v) is 6.79. The number of anilines is 1. The number of carbonyl (C=O) groups is 2. The van der Waals surface area contributed by atoms with Crippen LogP contribution in [0.1, 0.15) is 12.3 Å². The largest absolute Gasteiger partial charge is 0.481 e. The van der Waals surface area contributed by atoms with E-state index in [9.17, 15) is 9.59 Å². The molecule has 21 heavy (non-hydrogen) atoms. The fourth-order valence-electron chi connectivity index (χ4n) is 2.13. The average Bonchev–Trinajstić information content (AvgIpc) is 2.83. The summed E-state index contributed by atoms with van der Waals surface area (Å²) in [5, 5.41) is 18.5. The van der Waals surface area contributed by atoms with Crippen molar-refractivity contribution >= 4 is 17.9 Å². The molecule has 0 spiro atoms. The van der Waals surface area contributed by atoms with E-state index < -0.39 is 5.97 Å². The number of nitrogens with zero attached hydrogens (tertiary/aromatic N) is 4. The highest BCUT2D eigenvalue weighted by Gasteiger charge is 2.20. The monoisotopic (exact) mass is 297 g/mol. The molecule has 1 amide bonds. The van der Waals surface area contributed by atoms with Crippen molar-refractivity contribution in [3.05, 3.63) is 5.89 Å². The van der Waals surface area contributed by atoms with E-state index in [-0.39, 0.29) is 24.9 Å². The molecule has 1 aliphatic heterocycles. The number of carboxylic acids is 1. The number of carboxylic acid groups (broad SMARTS) is 1. The zero-order valence-corrected chi connectivity index (χ0v) is 11.9. The highest BCUT2D eigenvalue weighted by molar-refractivity contribution is 5.90. The summed E-state index contributed by atoms with van der Waals surface area (Å²) in [5.41, 5.74) is 0. The van der Waals surface area contributed by atoms with E-state index >= 15 is 0 Å². The second-order valence-corrected chi connectivity index (χ2v) is 4.94. The van der Waals surface area contributed by atoms with Gasteiger partial charge in [0.1, 0.15) is 0 Å². The summed E-state index contributed by atoms with van der Waals surface area (Å²) in [6.45, 7) is 5.45. The summed E-state index contributed by atoms with van der Waals surface area (Å²) < 4.78 is 5.08. The molecule has 0 radical (unpaired) electrons. The summed E-state index contributed by atoms with van der Waals surface area (Å²) in [7, 11) is 0. The first kappa shape index (κ1) is 15.4. The van der Waals surface area contributed by atoms with Gasteiger partial charge in [-0.05, 0) is 0 Å². The summed E-state index contributed by atoms with van der Waals surface area (Å²) >= 11 is 0. The second-order valence-electron chi connectivity index (χ2n) is 4.94. The maximum atomic E-state index is 11.8. The lowest BCUT2D eigenvalue weighted by molar-refractivity contribution is -0.137. The molecule has 0 atom stereocenters. The Kier molecular flexibility index (Phi) is 5.23. The molecule has 0 aliphatic carbocycles. The number of aryl methyl sites for hydroxylation is 1. The molecule has 1 aromatic rings. The van der Waals surface area contributed by atoms with Crippen molar-refractivity contribution in [3.63, 3.8) is 0 Å². The predicted molar refractivity (Wildman–Crippen MR) is 72.8 cm³/mol. The zero-order chi connectivity index (χ0) is 15.2. The van der Waals surface area contributed by atoms with Gasteiger partial charge in [-0.1, -0.05) is 5.10 Å². The fourth-order valence-corrected chi connectivity index (χ4v) is 2.13. The average molecular weight is 297 g/mol. The number of aliphatic carboxylic acids is 1. The number of piperazine rings is 1. The molecule has 1 fully saturated rings. The van der Waals surface area contributed by atoms with Crippen molar-refractivity contribution in [1.82, 2.24) is 20.0 Å². The van der Waals surface area contributed by atoms with Crippen molar-refractivity contribution in [1.29, 1.82) is 0 Å². The van der Waals surface area contributed by atoms with Crippen molar-refractivity contribution in [2.45, 2.75) is 13.3 Å². The van der Waals surface area contributed by atoms with Gasteiger partial charge in [-0.25, -0.2) is 0 Å². The lowest BCUT2D eigenvalue weighted by atomic mass is 10.3. The Balaban J connectivity index is 1.68. The van der Waals surface area contributed by atoms with E-state index in [0.29, 0.717) is 12.4 Å². The number of hydrogen-bond donors (Lipinski definition) is 2. The van der Waals surface area contributed by atoms with Crippen LogP contribution in [0.3, 0.4) is 0 Å². The van der Waals surface area contributed by atoms with Gasteiger partial charge in [0.2, 0.25) is 11.8 Å². The van der Waals surface area contributed by atoms with Crippen molar-refractivity contribution < 1.29 is 19.1 Å². The lowest BCUT2D eigenvalue weighted by Gasteiger charge is -2.33. The van der Waals surface area contributed by atoms with Gasteiger partial charge >= 0.3 is 12.0 Å². The molecular formula is C12H19N5O4. The third-order valence-electron chi connectivity index (χ3n) is 3.25. The van der Waals surface area contributed by atoms with Crippen LogP contribution in [0.2, 0.25) is 0 Å². The zero-order valence-electron chi connectivity index (χ0n) is 11.9. The van der Waals surface area contributed by atoms with Crippen LogP contribution in [0.5, 0.6) is 0 Å². The number of rotatable bonds is 6. The molecule has 0 saturated carbocycles. The number of aromatic nitrogens is 2. The number of amides is 1. The second kappa shape index (κ2) is 7.14. The van der Waals surface area contributed by atoms with E-state index in [2.05, 4.69) is 20.4 Å². The maximum Gasteiger partial charge on any atom is 0.322 e. The van der Waals surface area contributed by atoms with Crippen LogP contribution in [0.25, 0.3) is 0 Å². The third kappa shape index (κ3) is 5.12. The van der Waals surface area contributed by atoms with E-state index in [1.807, 2.05) is 4.90 Å². The molecule has 1 aliphatic rings. The molecule has 9 heteroatoms. The van der Waals surface area contributed by atoms with Crippen LogP contribution in [0, 0.1) is 6.92 Å². The summed E-state index contributed by atoms with van der Waals surface area (Å²) in [4.78, 5) is 26.4. The van der Waals surface area contributed by atoms with Crippen LogP contribution in [0.15, 0.2) is 4.42 Å². The van der Waals surface area contributed by atoms with Gasteiger partial charge < -0.3 is 14.4 Å². The molecule has 0 bridgehead atoms. The topological polar surface area (TPSA) is 112 Å². The maximum absolute atomic E-state index is 11.8. The summed E-state index contributed by atoms with van der Waals surface area (Å²) in [6, 6.07) is 0.109. The van der Waals surface area contributed by atoms with Crippen molar-refractivity contribution in [2.24, 2.45) is 0 Å². The van der Waals surface area contributed by atoms with E-state index in [1.54, 1.807) is 6.92 Å². The Morgan fingerprint density at radius 2 is 1.90 bits per heavy atom. The predicted octanol–water partition coefficient (Wildman–Crippen LogP) is -0.591. The molecule has 1 aromatic heterocycles. The minimum absolute atomic E-state index is 0.109. The smallest absolute Gasteiger partial charge is 0.322 e. The molecule has 0 aromatic carbocycles. The van der Waals surface area contributed by atoms with E-state index in [0.717, 1.165) is 26.2 Å². The van der Waals surface area contributed by atoms with Gasteiger partial charge in [0, 0.05) is 39.6 Å². The van der Waals surface area contributed by atoms with Crippen LogP contribution in [0.4, 0.5) is 6.01 Å². The molecule has 2 heterocycles. The van der Waals surface area contributed by atoms with Gasteiger partial charge in [0.05, 0.1) is 13.0 Å². The van der Waals surface area contributed by atoms with Crippen molar-refractivity contribution in [3.8, 4) is 0 Å². The van der Waals surface area contributed by atoms with Gasteiger partial charge in [0.25, 0.3) is 0 Å². The fraction of sp³-hybridized carbons (Fsp3) is 0.667. The third-order valence-corrected chi connectivity index (χ3v) is 3.25. The van der Waals surface area contributed by atoms with Crippen molar-refractivity contribution in [2.75, 3.05) is 44.6 Å². The van der Waals surface area contributed by atoms with Gasteiger partial charge in [-0.2, -0.15) is 0 Å². The van der Waals surface area contributed by atoms with Crippen LogP contribution in [-0.2, 0) is 9.59 Å². The Labute approximate surface area is 121 Å². The molecule has 0 unspecified atom stereocenters. The molecule has 2 N–H and O–H groups in total. The Morgan fingerprint density at radius 1 is 1.24 bits per heavy atom. The first-order valence-electron chi connectivity index (χ1n) is 6.79. The minimum Gasteiger partial charge on any atom is -0.481 e. The molecule has 1 saturated heterocycles. The van der Waals surface area contributed by atoms with E-state index in [4.69, 9.17) is 9.52 Å². The first-order chi connectivity index (χ1) is 10.0.